The van der Waals surface area contributed by atoms with Crippen LogP contribution in [0.2, 0.25) is 0 Å². The molecule has 1 aliphatic heterocycles. The van der Waals surface area contributed by atoms with Crippen molar-refractivity contribution >= 4 is 27.8 Å². The van der Waals surface area contributed by atoms with Gasteiger partial charge in [0.15, 0.2) is 5.78 Å². The van der Waals surface area contributed by atoms with E-state index in [0.717, 1.165) is 23.0 Å². The van der Waals surface area contributed by atoms with Gasteiger partial charge >= 0.3 is 0 Å². The largest absolute Gasteiger partial charge is 0.397 e. The number of nitrogen functional groups attached to an aromatic ring is 1. The highest BCUT2D eigenvalue weighted by Gasteiger charge is 2.27. The Morgan fingerprint density at radius 1 is 1.58 bits per heavy atom. The average molecular weight is 281 g/mol. The van der Waals surface area contributed by atoms with E-state index in [0.29, 0.717) is 18.2 Å². The molecule has 1 aromatic rings. The second-order valence-corrected chi connectivity index (χ2v) is 6.43. The summed E-state index contributed by atoms with van der Waals surface area (Å²) >= 11 is 1.55. The first-order valence-electron chi connectivity index (χ1n) is 6.86. The number of ketones is 1. The number of carbonyl (C=O) groups excluding carboxylic acids is 1. The Hall–Kier alpha value is -1.07. The second kappa shape index (κ2) is 5.92. The monoisotopic (exact) mass is 281 g/mol. The zero-order chi connectivity index (χ0) is 14.0. The van der Waals surface area contributed by atoms with Crippen LogP contribution in [-0.4, -0.2) is 43.9 Å². The minimum absolute atomic E-state index is 0.150. The number of Topliss-reactive ketones (excluding diaryl/α,β-unsaturated/α-hetero) is 1. The predicted molar refractivity (Wildman–Crippen MR) is 82.3 cm³/mol. The third-order valence-electron chi connectivity index (χ3n) is 3.56. The highest BCUT2D eigenvalue weighted by molar-refractivity contribution is 7.18. The van der Waals surface area contributed by atoms with E-state index in [9.17, 15) is 4.79 Å². The lowest BCUT2D eigenvalue weighted by Gasteiger charge is -2.27. The van der Waals surface area contributed by atoms with Gasteiger partial charge in [0.1, 0.15) is 0 Å². The summed E-state index contributed by atoms with van der Waals surface area (Å²) in [4.78, 5) is 17.2. The first-order chi connectivity index (χ1) is 9.02. The van der Waals surface area contributed by atoms with Crippen LogP contribution >= 0.6 is 11.3 Å². The number of hydrogen-bond donors (Lipinski definition) is 1. The van der Waals surface area contributed by atoms with Crippen LogP contribution in [0.1, 0.15) is 35.9 Å². The molecule has 106 valence electrons. The highest BCUT2D eigenvalue weighted by Crippen LogP contribution is 2.36. The zero-order valence-electron chi connectivity index (χ0n) is 12.0. The first kappa shape index (κ1) is 14.3. The number of rotatable bonds is 5. The molecule has 2 N–H and O–H groups in total. The Morgan fingerprint density at radius 3 is 2.95 bits per heavy atom. The molecule has 1 unspecified atom stereocenters. The average Bonchev–Trinajstić information content (AvgIpc) is 2.94. The van der Waals surface area contributed by atoms with E-state index in [1.165, 1.54) is 12.8 Å². The summed E-state index contributed by atoms with van der Waals surface area (Å²) in [6, 6.07) is 2.51. The Morgan fingerprint density at radius 2 is 2.32 bits per heavy atom. The molecule has 19 heavy (non-hydrogen) atoms. The maximum atomic E-state index is 11.8. The van der Waals surface area contributed by atoms with Crippen LogP contribution in [0.4, 0.5) is 10.7 Å². The lowest BCUT2D eigenvalue weighted by Crippen LogP contribution is -2.37. The van der Waals surface area contributed by atoms with Gasteiger partial charge in [-0.1, -0.05) is 6.92 Å². The topological polar surface area (TPSA) is 49.6 Å². The highest BCUT2D eigenvalue weighted by atomic mass is 32.1. The summed E-state index contributed by atoms with van der Waals surface area (Å²) in [5.74, 6) is 0.150. The minimum atomic E-state index is 0.150. The summed E-state index contributed by atoms with van der Waals surface area (Å²) in [7, 11) is 4.21. The second-order valence-electron chi connectivity index (χ2n) is 5.40. The molecule has 0 spiro atoms. The molecule has 0 aromatic carbocycles. The van der Waals surface area contributed by atoms with Gasteiger partial charge < -0.3 is 15.5 Å². The van der Waals surface area contributed by atoms with E-state index in [1.54, 1.807) is 11.3 Å². The number of thiophene rings is 1. The summed E-state index contributed by atoms with van der Waals surface area (Å²) in [5, 5.41) is 1.15. The normalized spacial score (nSPS) is 19.4. The fraction of sp³-hybridized carbons (Fsp3) is 0.643. The van der Waals surface area contributed by atoms with Crippen molar-refractivity contribution in [2.75, 3.05) is 37.8 Å². The lowest BCUT2D eigenvalue weighted by atomic mass is 10.2. The van der Waals surface area contributed by atoms with Gasteiger partial charge in [0, 0.05) is 25.6 Å². The van der Waals surface area contributed by atoms with E-state index in [1.807, 2.05) is 13.0 Å². The molecule has 0 aliphatic carbocycles. The van der Waals surface area contributed by atoms with Crippen LogP contribution < -0.4 is 10.6 Å². The third-order valence-corrected chi connectivity index (χ3v) is 4.79. The fourth-order valence-electron chi connectivity index (χ4n) is 2.65. The zero-order valence-corrected chi connectivity index (χ0v) is 12.8. The molecule has 0 saturated carbocycles. The quantitative estimate of drug-likeness (QED) is 0.842. The van der Waals surface area contributed by atoms with Crippen LogP contribution in [0.5, 0.6) is 0 Å². The maximum absolute atomic E-state index is 11.8. The Labute approximate surface area is 119 Å². The molecule has 2 rings (SSSR count). The molecule has 5 heteroatoms. The number of nitrogens with two attached hydrogens (primary N) is 1. The molecule has 1 saturated heterocycles. The molecule has 1 aromatic heterocycles. The molecule has 0 bridgehead atoms. The maximum Gasteiger partial charge on any atom is 0.174 e. The Bertz CT molecular complexity index is 456. The summed E-state index contributed by atoms with van der Waals surface area (Å²) in [6.07, 6.45) is 2.95. The molecule has 1 aliphatic rings. The third kappa shape index (κ3) is 3.09. The molecule has 4 nitrogen and oxygen atoms in total. The van der Waals surface area contributed by atoms with Gasteiger partial charge in [0.25, 0.3) is 0 Å². The summed E-state index contributed by atoms with van der Waals surface area (Å²) < 4.78 is 0. The molecule has 2 heterocycles. The van der Waals surface area contributed by atoms with Gasteiger partial charge in [-0.3, -0.25) is 4.79 Å². The van der Waals surface area contributed by atoms with Gasteiger partial charge in [0.05, 0.1) is 15.6 Å². The predicted octanol–water partition coefficient (Wildman–Crippen LogP) is 2.45. The van der Waals surface area contributed by atoms with Gasteiger partial charge in [-0.25, -0.2) is 0 Å². The molecule has 0 amide bonds. The minimum Gasteiger partial charge on any atom is -0.397 e. The Balaban J connectivity index is 2.19. The van der Waals surface area contributed by atoms with E-state index < -0.39 is 0 Å². The summed E-state index contributed by atoms with van der Waals surface area (Å²) in [5.41, 5.74) is 6.63. The van der Waals surface area contributed by atoms with Crippen LogP contribution in [-0.2, 0) is 0 Å². The SMILES string of the molecule is CCC(=O)c1sc(N2CCCC2CN(C)C)cc1N. The van der Waals surface area contributed by atoms with Crippen molar-refractivity contribution in [3.8, 4) is 0 Å². The molecule has 1 fully saturated rings. The first-order valence-corrected chi connectivity index (χ1v) is 7.68. The number of carbonyl (C=O) groups is 1. The standard InChI is InChI=1S/C14H23N3OS/c1-4-12(18)14-11(15)8-13(19-14)17-7-5-6-10(17)9-16(2)3/h8,10H,4-7,9,15H2,1-3H3. The van der Waals surface area contributed by atoms with E-state index in [-0.39, 0.29) is 5.78 Å². The molecular formula is C14H23N3OS. The number of nitrogens with zero attached hydrogens (tertiary/aromatic N) is 2. The van der Waals surface area contributed by atoms with Crippen molar-refractivity contribution in [1.29, 1.82) is 0 Å². The van der Waals surface area contributed by atoms with E-state index >= 15 is 0 Å². The van der Waals surface area contributed by atoms with Gasteiger partial charge in [-0.2, -0.15) is 0 Å². The van der Waals surface area contributed by atoms with Crippen molar-refractivity contribution in [1.82, 2.24) is 4.90 Å². The van der Waals surface area contributed by atoms with Gasteiger partial charge in [0.2, 0.25) is 0 Å². The van der Waals surface area contributed by atoms with Crippen LogP contribution in [0, 0.1) is 0 Å². The van der Waals surface area contributed by atoms with E-state index in [2.05, 4.69) is 23.9 Å². The van der Waals surface area contributed by atoms with Crippen molar-refractivity contribution in [2.45, 2.75) is 32.2 Å². The molecular weight excluding hydrogens is 258 g/mol. The van der Waals surface area contributed by atoms with Crippen molar-refractivity contribution < 1.29 is 4.79 Å². The van der Waals surface area contributed by atoms with Gasteiger partial charge in [-0.05, 0) is 33.0 Å². The number of anilines is 2. The van der Waals surface area contributed by atoms with Crippen LogP contribution in [0.15, 0.2) is 6.07 Å². The van der Waals surface area contributed by atoms with Crippen molar-refractivity contribution in [2.24, 2.45) is 0 Å². The van der Waals surface area contributed by atoms with Crippen molar-refractivity contribution in [3.63, 3.8) is 0 Å². The number of hydrogen-bond acceptors (Lipinski definition) is 5. The smallest absolute Gasteiger partial charge is 0.174 e. The Kier molecular flexibility index (Phi) is 4.47. The molecule has 1 atom stereocenters. The van der Waals surface area contributed by atoms with Crippen LogP contribution in [0.3, 0.4) is 0 Å². The number of likely N-dealkylation sites (N-methyl/N-ethyl adjacent to an activating group) is 1. The molecule has 0 radical (unpaired) electrons. The lowest BCUT2D eigenvalue weighted by molar-refractivity contribution is 0.0993. The summed E-state index contributed by atoms with van der Waals surface area (Å²) in [6.45, 7) is 4.00. The van der Waals surface area contributed by atoms with Crippen LogP contribution in [0.25, 0.3) is 0 Å². The van der Waals surface area contributed by atoms with Crippen molar-refractivity contribution in [3.05, 3.63) is 10.9 Å². The fourth-order valence-corrected chi connectivity index (χ4v) is 3.84. The van der Waals surface area contributed by atoms with Gasteiger partial charge in [-0.15, -0.1) is 11.3 Å². The van der Waals surface area contributed by atoms with E-state index in [4.69, 9.17) is 5.73 Å².